The quantitative estimate of drug-likeness (QED) is 0.778. The van der Waals surface area contributed by atoms with Gasteiger partial charge in [-0.15, -0.1) is 0 Å². The Kier molecular flexibility index (Phi) is 5.22. The van der Waals surface area contributed by atoms with Gasteiger partial charge in [0.2, 0.25) is 5.91 Å². The highest BCUT2D eigenvalue weighted by Crippen LogP contribution is 2.30. The highest BCUT2D eigenvalue weighted by Gasteiger charge is 2.24. The van der Waals surface area contributed by atoms with Gasteiger partial charge in [-0.2, -0.15) is 0 Å². The monoisotopic (exact) mass is 279 g/mol. The first kappa shape index (κ1) is 15.5. The summed E-state index contributed by atoms with van der Waals surface area (Å²) >= 11 is 0. The van der Waals surface area contributed by atoms with Crippen molar-refractivity contribution in [3.8, 4) is 0 Å². The lowest BCUT2D eigenvalue weighted by atomic mass is 9.83. The molecular weight excluding hydrogens is 250 g/mol. The minimum Gasteiger partial charge on any atom is -0.338 e. The van der Waals surface area contributed by atoms with Gasteiger partial charge in [0.15, 0.2) is 0 Å². The minimum absolute atomic E-state index is 0.242. The molecule has 114 valence electrons. The molecule has 1 N–H and O–H groups in total. The lowest BCUT2D eigenvalue weighted by molar-refractivity contribution is -0.132. The average Bonchev–Trinajstić information content (AvgIpc) is 2.66. The lowest BCUT2D eigenvalue weighted by Crippen LogP contribution is -2.43. The Bertz CT molecular complexity index is 362. The average molecular weight is 279 g/mol. The van der Waals surface area contributed by atoms with E-state index in [9.17, 15) is 4.79 Å². The number of hydrogen-bond donors (Lipinski definition) is 1. The number of carbonyl (C=O) groups excluding carboxylic acids is 1. The normalized spacial score (nSPS) is 22.4. The van der Waals surface area contributed by atoms with Crippen LogP contribution >= 0.6 is 0 Å². The van der Waals surface area contributed by atoms with Crippen LogP contribution in [0, 0.1) is 5.41 Å². The van der Waals surface area contributed by atoms with E-state index in [0.29, 0.717) is 6.54 Å². The predicted octanol–water partition coefficient (Wildman–Crippen LogP) is 1.49. The molecule has 0 atom stereocenters. The second-order valence-corrected chi connectivity index (χ2v) is 6.95. The van der Waals surface area contributed by atoms with Gasteiger partial charge in [0.05, 0.1) is 6.54 Å². The summed E-state index contributed by atoms with van der Waals surface area (Å²) in [5, 5.41) is 3.38. The van der Waals surface area contributed by atoms with Crippen molar-refractivity contribution in [2.45, 2.75) is 33.6 Å². The van der Waals surface area contributed by atoms with E-state index in [1.54, 1.807) is 0 Å². The Morgan fingerprint density at radius 2 is 2.05 bits per heavy atom. The molecule has 1 saturated heterocycles. The van der Waals surface area contributed by atoms with Gasteiger partial charge >= 0.3 is 0 Å². The van der Waals surface area contributed by atoms with Gasteiger partial charge in [-0.3, -0.25) is 9.69 Å². The van der Waals surface area contributed by atoms with Crippen molar-refractivity contribution in [3.05, 3.63) is 11.6 Å². The Morgan fingerprint density at radius 1 is 1.25 bits per heavy atom. The summed E-state index contributed by atoms with van der Waals surface area (Å²) in [4.78, 5) is 16.7. The fourth-order valence-corrected chi connectivity index (χ4v) is 2.93. The number of nitrogens with one attached hydrogen (secondary N) is 1. The van der Waals surface area contributed by atoms with Gasteiger partial charge < -0.3 is 10.2 Å². The summed E-state index contributed by atoms with van der Waals surface area (Å²) in [6, 6.07) is 0. The van der Waals surface area contributed by atoms with E-state index < -0.39 is 0 Å². The van der Waals surface area contributed by atoms with Crippen molar-refractivity contribution >= 4 is 5.91 Å². The highest BCUT2D eigenvalue weighted by atomic mass is 16.2. The molecule has 0 bridgehead atoms. The van der Waals surface area contributed by atoms with Crippen molar-refractivity contribution in [2.75, 3.05) is 45.8 Å². The summed E-state index contributed by atoms with van der Waals surface area (Å²) in [6.45, 7) is 13.1. The van der Waals surface area contributed by atoms with Crippen LogP contribution in [-0.2, 0) is 4.79 Å². The van der Waals surface area contributed by atoms with Crippen LogP contribution in [0.15, 0.2) is 11.6 Å². The van der Waals surface area contributed by atoms with Gasteiger partial charge in [-0.25, -0.2) is 0 Å². The summed E-state index contributed by atoms with van der Waals surface area (Å²) in [6.07, 6.45) is 4.42. The maximum absolute atomic E-state index is 12.4. The zero-order valence-electron chi connectivity index (χ0n) is 13.2. The van der Waals surface area contributed by atoms with Crippen molar-refractivity contribution in [1.82, 2.24) is 15.1 Å². The molecule has 0 saturated carbocycles. The zero-order valence-corrected chi connectivity index (χ0v) is 13.2. The van der Waals surface area contributed by atoms with Crippen LogP contribution in [0.2, 0.25) is 0 Å². The van der Waals surface area contributed by atoms with Gasteiger partial charge in [-0.05, 0) is 31.3 Å². The second-order valence-electron chi connectivity index (χ2n) is 6.95. The molecule has 2 rings (SSSR count). The fraction of sp³-hybridized carbons (Fsp3) is 0.812. The number of hydrogen-bond acceptors (Lipinski definition) is 3. The lowest BCUT2D eigenvalue weighted by Gasteiger charge is -2.33. The molecule has 0 aromatic rings. The third-order valence-corrected chi connectivity index (χ3v) is 4.32. The first-order valence-electron chi connectivity index (χ1n) is 7.87. The van der Waals surface area contributed by atoms with Crippen LogP contribution in [0.1, 0.15) is 33.6 Å². The van der Waals surface area contributed by atoms with Crippen molar-refractivity contribution < 1.29 is 4.79 Å². The van der Waals surface area contributed by atoms with Gasteiger partial charge in [-0.1, -0.05) is 32.4 Å². The topological polar surface area (TPSA) is 35.6 Å². The van der Waals surface area contributed by atoms with Crippen molar-refractivity contribution in [3.63, 3.8) is 0 Å². The minimum atomic E-state index is 0.242. The number of carbonyl (C=O) groups is 1. The number of rotatable bonds is 2. The zero-order chi connectivity index (χ0) is 14.6. The maximum Gasteiger partial charge on any atom is 0.237 e. The first-order valence-corrected chi connectivity index (χ1v) is 7.87. The van der Waals surface area contributed by atoms with E-state index in [2.05, 4.69) is 37.1 Å². The molecule has 0 aliphatic carbocycles. The molecule has 0 aromatic carbocycles. The van der Waals surface area contributed by atoms with Crippen LogP contribution in [-0.4, -0.2) is 61.5 Å². The van der Waals surface area contributed by atoms with Crippen molar-refractivity contribution in [2.24, 2.45) is 5.41 Å². The number of amides is 1. The number of nitrogens with zero attached hydrogens (tertiary/aromatic N) is 2. The molecule has 0 radical (unpaired) electrons. The molecule has 2 aliphatic rings. The summed E-state index contributed by atoms with van der Waals surface area (Å²) < 4.78 is 0. The van der Waals surface area contributed by atoms with Crippen LogP contribution in [0.3, 0.4) is 0 Å². The fourth-order valence-electron chi connectivity index (χ4n) is 2.93. The molecule has 20 heavy (non-hydrogen) atoms. The Balaban J connectivity index is 1.83. The van der Waals surface area contributed by atoms with Crippen LogP contribution in [0.5, 0.6) is 0 Å². The molecule has 2 aliphatic heterocycles. The van der Waals surface area contributed by atoms with Crippen LogP contribution < -0.4 is 5.32 Å². The molecule has 2 heterocycles. The molecule has 0 aromatic heterocycles. The third kappa shape index (κ3) is 4.32. The van der Waals surface area contributed by atoms with Gasteiger partial charge in [0.1, 0.15) is 0 Å². The Hall–Kier alpha value is -0.870. The molecule has 0 unspecified atom stereocenters. The molecular formula is C16H29N3O. The summed E-state index contributed by atoms with van der Waals surface area (Å²) in [5.74, 6) is 0.288. The van der Waals surface area contributed by atoms with E-state index in [1.165, 1.54) is 5.57 Å². The molecule has 4 heteroatoms. The Labute approximate surface area is 123 Å². The van der Waals surface area contributed by atoms with E-state index >= 15 is 0 Å². The van der Waals surface area contributed by atoms with E-state index in [1.807, 2.05) is 4.90 Å². The van der Waals surface area contributed by atoms with Crippen LogP contribution in [0.4, 0.5) is 0 Å². The first-order chi connectivity index (χ1) is 9.47. The van der Waals surface area contributed by atoms with E-state index in [-0.39, 0.29) is 11.3 Å². The largest absolute Gasteiger partial charge is 0.338 e. The third-order valence-electron chi connectivity index (χ3n) is 4.32. The maximum atomic E-state index is 12.4. The van der Waals surface area contributed by atoms with Gasteiger partial charge in [0.25, 0.3) is 0 Å². The van der Waals surface area contributed by atoms with Crippen LogP contribution in [0.25, 0.3) is 0 Å². The molecule has 0 spiro atoms. The SMILES string of the molecule is CC(C)(C)C1=CCN(C(=O)CN2CCCNCC2)CC1. The Morgan fingerprint density at radius 3 is 2.70 bits per heavy atom. The van der Waals surface area contributed by atoms with E-state index in [4.69, 9.17) is 0 Å². The standard InChI is InChI=1S/C16H29N3O/c1-16(2,3)14-5-10-19(11-6-14)15(20)13-18-9-4-7-17-8-12-18/h5,17H,4,6-13H2,1-3H3. The summed E-state index contributed by atoms with van der Waals surface area (Å²) in [5.41, 5.74) is 1.73. The molecule has 1 amide bonds. The molecule has 1 fully saturated rings. The highest BCUT2D eigenvalue weighted by molar-refractivity contribution is 5.78. The second kappa shape index (κ2) is 6.72. The predicted molar refractivity (Wildman–Crippen MR) is 82.7 cm³/mol. The smallest absolute Gasteiger partial charge is 0.237 e. The van der Waals surface area contributed by atoms with Crippen molar-refractivity contribution in [1.29, 1.82) is 0 Å². The summed E-state index contributed by atoms with van der Waals surface area (Å²) in [7, 11) is 0. The van der Waals surface area contributed by atoms with Gasteiger partial charge in [0, 0.05) is 26.2 Å². The van der Waals surface area contributed by atoms with E-state index in [0.717, 1.165) is 52.1 Å². The molecule has 4 nitrogen and oxygen atoms in total.